The Morgan fingerprint density at radius 1 is 0.925 bits per heavy atom. The van der Waals surface area contributed by atoms with E-state index in [0.717, 1.165) is 16.9 Å². The van der Waals surface area contributed by atoms with Crippen LogP contribution in [-0.4, -0.2) is 34.3 Å². The van der Waals surface area contributed by atoms with Gasteiger partial charge in [0, 0.05) is 18.2 Å². The average molecular weight is 551 g/mol. The first-order chi connectivity index (χ1) is 19.1. The Morgan fingerprint density at radius 3 is 2.30 bits per heavy atom. The first-order valence-corrected chi connectivity index (χ1v) is 13.6. The van der Waals surface area contributed by atoms with Crippen molar-refractivity contribution >= 4 is 51.6 Å². The fourth-order valence-corrected chi connectivity index (χ4v) is 7.08. The highest BCUT2D eigenvalue weighted by molar-refractivity contribution is 7.08. The van der Waals surface area contributed by atoms with E-state index < -0.39 is 17.3 Å². The van der Waals surface area contributed by atoms with Crippen molar-refractivity contribution in [3.05, 3.63) is 110 Å². The molecule has 0 unspecified atom stereocenters. The van der Waals surface area contributed by atoms with E-state index in [4.69, 9.17) is 0 Å². The van der Waals surface area contributed by atoms with Crippen molar-refractivity contribution < 1.29 is 14.7 Å². The largest absolute Gasteiger partial charge is 0.478 e. The number of carboxylic acid groups (broad SMARTS) is 1. The van der Waals surface area contributed by atoms with Crippen LogP contribution in [0.1, 0.15) is 36.7 Å². The molecule has 200 valence electrons. The van der Waals surface area contributed by atoms with Crippen LogP contribution in [0.3, 0.4) is 0 Å². The first-order valence-electron chi connectivity index (χ1n) is 12.7. The molecule has 2 aliphatic rings. The molecule has 0 aliphatic carbocycles. The van der Waals surface area contributed by atoms with Crippen LogP contribution in [0.4, 0.5) is 11.4 Å². The number of fused-ring (bicyclic) bond motifs is 1. The van der Waals surface area contributed by atoms with Gasteiger partial charge >= 0.3 is 5.97 Å². The van der Waals surface area contributed by atoms with E-state index in [0.29, 0.717) is 31.9 Å². The number of rotatable bonds is 3. The van der Waals surface area contributed by atoms with Gasteiger partial charge in [0.2, 0.25) is 0 Å². The summed E-state index contributed by atoms with van der Waals surface area (Å²) in [6.45, 7) is 5.93. The zero-order valence-corrected chi connectivity index (χ0v) is 23.2. The van der Waals surface area contributed by atoms with Gasteiger partial charge in [-0.25, -0.2) is 4.79 Å². The van der Waals surface area contributed by atoms with Crippen molar-refractivity contribution in [2.75, 3.05) is 17.0 Å². The summed E-state index contributed by atoms with van der Waals surface area (Å²) in [7, 11) is 1.96. The van der Waals surface area contributed by atoms with E-state index in [1.807, 2.05) is 55.6 Å². The highest BCUT2D eigenvalue weighted by Crippen LogP contribution is 2.46. The van der Waals surface area contributed by atoms with Gasteiger partial charge in [-0.15, -0.1) is 11.3 Å². The van der Waals surface area contributed by atoms with Gasteiger partial charge in [-0.05, 0) is 48.9 Å². The number of aromatic nitrogens is 1. The van der Waals surface area contributed by atoms with Crippen molar-refractivity contribution in [3.8, 4) is 5.69 Å². The van der Waals surface area contributed by atoms with Crippen molar-refractivity contribution in [2.24, 2.45) is 5.10 Å². The maximum atomic E-state index is 14.3. The summed E-state index contributed by atoms with van der Waals surface area (Å²) in [6.07, 6.45) is 0. The molecule has 6 rings (SSSR count). The third kappa shape index (κ3) is 3.73. The number of anilines is 2. The van der Waals surface area contributed by atoms with E-state index in [2.05, 4.69) is 29.9 Å². The lowest BCUT2D eigenvalue weighted by molar-refractivity contribution is -0.112. The van der Waals surface area contributed by atoms with E-state index in [1.54, 1.807) is 23.6 Å². The predicted octanol–water partition coefficient (Wildman–Crippen LogP) is 3.71. The molecule has 0 fully saturated rings. The third-order valence-corrected chi connectivity index (χ3v) is 8.62. The number of hydrogen-bond donors (Lipinski definition) is 1. The molecule has 9 heteroatoms. The van der Waals surface area contributed by atoms with Crippen LogP contribution in [0, 0.1) is 0 Å². The van der Waals surface area contributed by atoms with E-state index in [-0.39, 0.29) is 11.1 Å². The summed E-state index contributed by atoms with van der Waals surface area (Å²) in [5.74, 6) is -1.52. The van der Waals surface area contributed by atoms with Gasteiger partial charge in [0.05, 0.1) is 33.9 Å². The Kier molecular flexibility index (Phi) is 5.85. The third-order valence-electron chi connectivity index (χ3n) is 7.46. The fraction of sp³-hybridized carbons (Fsp3) is 0.161. The minimum absolute atomic E-state index is 0.0497. The Hall–Kier alpha value is -4.76. The van der Waals surface area contributed by atoms with Crippen molar-refractivity contribution in [1.29, 1.82) is 0 Å². The average Bonchev–Trinajstić information content (AvgIpc) is 3.50. The molecule has 1 N–H and O–H groups in total. The lowest BCUT2D eigenvalue weighted by atomic mass is 9.84. The van der Waals surface area contributed by atoms with Crippen LogP contribution in [0.25, 0.3) is 17.0 Å². The number of thiazole rings is 1. The van der Waals surface area contributed by atoms with E-state index >= 15 is 0 Å². The number of benzene rings is 3. The summed E-state index contributed by atoms with van der Waals surface area (Å²) >= 11 is 1.28. The Morgan fingerprint density at radius 2 is 1.60 bits per heavy atom. The SMILES string of the molecule is CC1=NN(c2cccc(C(=O)O)c2)C(=O)C1=c1sc(=C2N(C)c3ccccc3C2(C)C)c(=O)n1-c1ccccc1. The van der Waals surface area contributed by atoms with Crippen LogP contribution < -0.4 is 24.7 Å². The normalized spacial score (nSPS) is 18.7. The standard InChI is InChI=1S/C31H26N4O4S/c1-18-24(27(36)35(32-18)21-14-10-11-19(17-21)30(38)39)29-34(20-12-6-5-7-13-20)28(37)25(40-29)26-31(2,3)22-15-8-9-16-23(22)33(26)4/h5-17H,1-4H3,(H,38,39). The van der Waals surface area contributed by atoms with Gasteiger partial charge in [-0.3, -0.25) is 14.2 Å². The minimum Gasteiger partial charge on any atom is -0.478 e. The van der Waals surface area contributed by atoms with Gasteiger partial charge < -0.3 is 10.0 Å². The van der Waals surface area contributed by atoms with Crippen molar-refractivity contribution in [1.82, 2.24) is 4.57 Å². The fourth-order valence-electron chi connectivity index (χ4n) is 5.60. The number of likely N-dealkylation sites (N-methyl/N-ethyl adjacent to an activating group) is 1. The zero-order valence-electron chi connectivity index (χ0n) is 22.4. The molecule has 0 saturated carbocycles. The van der Waals surface area contributed by atoms with Crippen molar-refractivity contribution in [3.63, 3.8) is 0 Å². The molecule has 0 bridgehead atoms. The molecule has 1 amide bonds. The Bertz CT molecular complexity index is 1940. The smallest absolute Gasteiger partial charge is 0.335 e. The molecule has 4 aromatic rings. The van der Waals surface area contributed by atoms with Crippen LogP contribution in [0.2, 0.25) is 0 Å². The van der Waals surface area contributed by atoms with E-state index in [1.165, 1.54) is 28.5 Å². The number of nitrogens with zero attached hydrogens (tertiary/aromatic N) is 4. The lowest BCUT2D eigenvalue weighted by Gasteiger charge is -2.23. The number of aromatic carboxylic acids is 1. The number of hydrogen-bond acceptors (Lipinski definition) is 6. The number of amides is 1. The summed E-state index contributed by atoms with van der Waals surface area (Å²) < 4.78 is 2.60. The molecule has 40 heavy (non-hydrogen) atoms. The second kappa shape index (κ2) is 9.17. The van der Waals surface area contributed by atoms with Gasteiger partial charge in [0.1, 0.15) is 9.20 Å². The molecule has 3 aromatic carbocycles. The highest BCUT2D eigenvalue weighted by Gasteiger charge is 2.40. The second-order valence-electron chi connectivity index (χ2n) is 10.3. The molecule has 0 radical (unpaired) electrons. The molecule has 0 spiro atoms. The maximum absolute atomic E-state index is 14.3. The number of carbonyl (C=O) groups is 2. The summed E-state index contributed by atoms with van der Waals surface area (Å²) in [5.41, 5.74) is 4.14. The zero-order chi connectivity index (χ0) is 28.3. The number of carbonyl (C=O) groups excluding carboxylic acids is 1. The quantitative estimate of drug-likeness (QED) is 0.420. The van der Waals surface area contributed by atoms with Crippen LogP contribution >= 0.6 is 11.3 Å². The Labute approximate surface area is 234 Å². The summed E-state index contributed by atoms with van der Waals surface area (Å²) in [4.78, 5) is 41.8. The maximum Gasteiger partial charge on any atom is 0.335 e. The lowest BCUT2D eigenvalue weighted by Crippen LogP contribution is -2.37. The van der Waals surface area contributed by atoms with Crippen LogP contribution in [0.15, 0.2) is 88.8 Å². The highest BCUT2D eigenvalue weighted by atomic mass is 32.1. The number of carboxylic acids is 1. The molecular formula is C31H26N4O4S. The number of para-hydroxylation sites is 2. The van der Waals surface area contributed by atoms with Gasteiger partial charge in [-0.2, -0.15) is 10.1 Å². The van der Waals surface area contributed by atoms with Gasteiger partial charge in [-0.1, -0.05) is 56.3 Å². The Balaban J connectivity index is 1.66. The molecule has 2 aliphatic heterocycles. The number of hydrazone groups is 1. The summed E-state index contributed by atoms with van der Waals surface area (Å²) in [6, 6.07) is 23.4. The molecule has 1 aromatic heterocycles. The topological polar surface area (TPSA) is 95.2 Å². The van der Waals surface area contributed by atoms with E-state index in [9.17, 15) is 19.5 Å². The molecule has 8 nitrogen and oxygen atoms in total. The molecule has 0 saturated heterocycles. The first kappa shape index (κ1) is 25.5. The van der Waals surface area contributed by atoms with Crippen LogP contribution in [0.5, 0.6) is 0 Å². The monoisotopic (exact) mass is 550 g/mol. The van der Waals surface area contributed by atoms with Crippen LogP contribution in [-0.2, 0) is 10.2 Å². The minimum atomic E-state index is -1.10. The predicted molar refractivity (Wildman–Crippen MR) is 158 cm³/mol. The molecule has 3 heterocycles. The molecular weight excluding hydrogens is 524 g/mol. The second-order valence-corrected chi connectivity index (χ2v) is 11.3. The van der Waals surface area contributed by atoms with Crippen molar-refractivity contribution in [2.45, 2.75) is 26.2 Å². The van der Waals surface area contributed by atoms with Gasteiger partial charge in [0.25, 0.3) is 11.5 Å². The van der Waals surface area contributed by atoms with Gasteiger partial charge in [0.15, 0.2) is 0 Å². The molecule has 0 atom stereocenters. The summed E-state index contributed by atoms with van der Waals surface area (Å²) in [5, 5.41) is 15.1.